The van der Waals surface area contributed by atoms with Crippen LogP contribution in [0.2, 0.25) is 0 Å². The van der Waals surface area contributed by atoms with Crippen molar-refractivity contribution < 1.29 is 9.32 Å². The minimum absolute atomic E-state index is 0.0502. The summed E-state index contributed by atoms with van der Waals surface area (Å²) in [4.78, 5) is 21.1. The zero-order valence-electron chi connectivity index (χ0n) is 14.5. The van der Waals surface area contributed by atoms with Crippen LogP contribution in [0.5, 0.6) is 0 Å². The van der Waals surface area contributed by atoms with Crippen molar-refractivity contribution in [3.63, 3.8) is 0 Å². The number of hydrogen-bond donors (Lipinski definition) is 0. The van der Waals surface area contributed by atoms with E-state index in [1.807, 2.05) is 38.1 Å². The molecule has 7 heteroatoms. The van der Waals surface area contributed by atoms with E-state index in [4.69, 9.17) is 4.52 Å². The lowest BCUT2D eigenvalue weighted by molar-refractivity contribution is 0.0979. The van der Waals surface area contributed by atoms with Crippen LogP contribution >= 0.6 is 0 Å². The van der Waals surface area contributed by atoms with Crippen LogP contribution in [-0.2, 0) is 6.42 Å². The Balaban J connectivity index is 1.54. The van der Waals surface area contributed by atoms with Crippen LogP contribution in [-0.4, -0.2) is 30.5 Å². The molecule has 0 fully saturated rings. The maximum Gasteiger partial charge on any atom is 0.227 e. The fourth-order valence-corrected chi connectivity index (χ4v) is 2.88. The number of carbonyl (C=O) groups is 1. The number of fused-ring (bicyclic) bond motifs is 1. The number of Topliss-reactive ketones (excluding diaryl/α,β-unsaturated/α-hetero) is 1. The molecule has 26 heavy (non-hydrogen) atoms. The van der Waals surface area contributed by atoms with Crippen molar-refractivity contribution in [1.29, 1.82) is 0 Å². The highest BCUT2D eigenvalue weighted by Crippen LogP contribution is 2.22. The molecule has 0 saturated heterocycles. The van der Waals surface area contributed by atoms with Gasteiger partial charge in [-0.15, -0.1) is 0 Å². The van der Waals surface area contributed by atoms with Crippen LogP contribution in [0.1, 0.15) is 34.1 Å². The number of aromatic nitrogens is 5. The average molecular weight is 347 g/mol. The molecule has 0 saturated carbocycles. The van der Waals surface area contributed by atoms with Gasteiger partial charge in [-0.1, -0.05) is 35.5 Å². The van der Waals surface area contributed by atoms with Crippen molar-refractivity contribution in [2.75, 3.05) is 0 Å². The molecule has 0 amide bonds. The Morgan fingerprint density at radius 1 is 1.15 bits per heavy atom. The highest BCUT2D eigenvalue weighted by Gasteiger charge is 2.17. The van der Waals surface area contributed by atoms with Gasteiger partial charge in [-0.3, -0.25) is 4.79 Å². The van der Waals surface area contributed by atoms with Crippen molar-refractivity contribution in [3.05, 3.63) is 65.4 Å². The van der Waals surface area contributed by atoms with Crippen molar-refractivity contribution in [2.24, 2.45) is 0 Å². The smallest absolute Gasteiger partial charge is 0.227 e. The Bertz CT molecular complexity index is 1080. The summed E-state index contributed by atoms with van der Waals surface area (Å²) in [6.45, 7) is 3.90. The standard InChI is InChI=1S/C19H17N5O2/c1-12-10-13(2)24-19(21-12)15(11-20-24)18-22-17(26-23-18)9-8-16(25)14-6-4-3-5-7-14/h3-7,10-11H,8-9H2,1-2H3. The van der Waals surface area contributed by atoms with E-state index >= 15 is 0 Å². The van der Waals surface area contributed by atoms with E-state index in [9.17, 15) is 4.79 Å². The second kappa shape index (κ2) is 6.51. The molecular formula is C19H17N5O2. The maximum absolute atomic E-state index is 12.2. The molecule has 0 N–H and O–H groups in total. The van der Waals surface area contributed by atoms with Gasteiger partial charge in [0.15, 0.2) is 11.4 Å². The molecule has 0 aliphatic rings. The Hall–Kier alpha value is -3.35. The summed E-state index contributed by atoms with van der Waals surface area (Å²) in [6.07, 6.45) is 2.39. The van der Waals surface area contributed by atoms with Gasteiger partial charge in [0.25, 0.3) is 0 Å². The summed E-state index contributed by atoms with van der Waals surface area (Å²) in [5, 5.41) is 8.37. The van der Waals surface area contributed by atoms with Gasteiger partial charge in [0.1, 0.15) is 0 Å². The first-order chi connectivity index (χ1) is 12.6. The average Bonchev–Trinajstić information content (AvgIpc) is 3.27. The number of aryl methyl sites for hydroxylation is 3. The first-order valence-electron chi connectivity index (χ1n) is 8.35. The minimum Gasteiger partial charge on any atom is -0.339 e. The van der Waals surface area contributed by atoms with Crippen molar-refractivity contribution in [1.82, 2.24) is 24.7 Å². The number of hydrogen-bond acceptors (Lipinski definition) is 6. The Morgan fingerprint density at radius 2 is 1.96 bits per heavy atom. The first kappa shape index (κ1) is 16.1. The maximum atomic E-state index is 12.2. The number of carbonyl (C=O) groups excluding carboxylic acids is 1. The lowest BCUT2D eigenvalue weighted by Gasteiger charge is -2.00. The number of nitrogens with zero attached hydrogens (tertiary/aromatic N) is 5. The summed E-state index contributed by atoms with van der Waals surface area (Å²) < 4.78 is 7.05. The van der Waals surface area contributed by atoms with E-state index in [-0.39, 0.29) is 5.78 Å². The van der Waals surface area contributed by atoms with Gasteiger partial charge in [-0.05, 0) is 19.9 Å². The first-order valence-corrected chi connectivity index (χ1v) is 8.35. The lowest BCUT2D eigenvalue weighted by Crippen LogP contribution is -2.01. The molecule has 0 aliphatic carbocycles. The number of ketones is 1. The van der Waals surface area contributed by atoms with E-state index in [0.717, 1.165) is 11.4 Å². The summed E-state index contributed by atoms with van der Waals surface area (Å²) in [5.74, 6) is 0.905. The van der Waals surface area contributed by atoms with Gasteiger partial charge in [0.05, 0.1) is 11.8 Å². The third-order valence-electron chi connectivity index (χ3n) is 4.15. The van der Waals surface area contributed by atoms with E-state index in [2.05, 4.69) is 20.2 Å². The van der Waals surface area contributed by atoms with E-state index in [1.165, 1.54) is 0 Å². The largest absolute Gasteiger partial charge is 0.339 e. The van der Waals surface area contributed by atoms with Crippen molar-refractivity contribution in [3.8, 4) is 11.4 Å². The van der Waals surface area contributed by atoms with Crippen molar-refractivity contribution >= 4 is 11.4 Å². The molecule has 7 nitrogen and oxygen atoms in total. The third-order valence-corrected chi connectivity index (χ3v) is 4.15. The molecule has 4 aromatic rings. The molecule has 0 radical (unpaired) electrons. The molecular weight excluding hydrogens is 330 g/mol. The molecule has 0 spiro atoms. The molecule has 0 atom stereocenters. The molecule has 3 aromatic heterocycles. The highest BCUT2D eigenvalue weighted by atomic mass is 16.5. The monoisotopic (exact) mass is 347 g/mol. The quantitative estimate of drug-likeness (QED) is 0.515. The van der Waals surface area contributed by atoms with Gasteiger partial charge in [-0.25, -0.2) is 9.50 Å². The lowest BCUT2D eigenvalue weighted by atomic mass is 10.1. The summed E-state index contributed by atoms with van der Waals surface area (Å²) in [6, 6.07) is 11.1. The van der Waals surface area contributed by atoms with Gasteiger partial charge in [0, 0.05) is 29.8 Å². The molecule has 0 unspecified atom stereocenters. The fourth-order valence-electron chi connectivity index (χ4n) is 2.88. The summed E-state index contributed by atoms with van der Waals surface area (Å²) in [5.41, 5.74) is 3.96. The molecule has 3 heterocycles. The molecule has 1 aromatic carbocycles. The van der Waals surface area contributed by atoms with E-state index in [0.29, 0.717) is 41.3 Å². The minimum atomic E-state index is 0.0502. The zero-order valence-corrected chi connectivity index (χ0v) is 14.5. The van der Waals surface area contributed by atoms with Crippen molar-refractivity contribution in [2.45, 2.75) is 26.7 Å². The van der Waals surface area contributed by atoms with Crippen LogP contribution in [0.15, 0.2) is 47.1 Å². The van der Waals surface area contributed by atoms with Crippen LogP contribution in [0, 0.1) is 13.8 Å². The number of benzene rings is 1. The molecule has 0 aliphatic heterocycles. The molecule has 0 bridgehead atoms. The molecule has 130 valence electrons. The Morgan fingerprint density at radius 3 is 2.77 bits per heavy atom. The Kier molecular flexibility index (Phi) is 4.04. The summed E-state index contributed by atoms with van der Waals surface area (Å²) in [7, 11) is 0. The number of rotatable bonds is 5. The summed E-state index contributed by atoms with van der Waals surface area (Å²) >= 11 is 0. The normalized spacial score (nSPS) is 11.2. The van der Waals surface area contributed by atoms with Gasteiger partial charge in [-0.2, -0.15) is 10.1 Å². The third kappa shape index (κ3) is 2.99. The van der Waals surface area contributed by atoms with Crippen LogP contribution in [0.4, 0.5) is 0 Å². The predicted molar refractivity (Wildman–Crippen MR) is 94.8 cm³/mol. The highest BCUT2D eigenvalue weighted by molar-refractivity contribution is 5.96. The topological polar surface area (TPSA) is 86.2 Å². The van der Waals surface area contributed by atoms with E-state index < -0.39 is 0 Å². The predicted octanol–water partition coefficient (Wildman–Crippen LogP) is 3.21. The fraction of sp³-hybridized carbons (Fsp3) is 0.211. The van der Waals surface area contributed by atoms with Gasteiger partial charge < -0.3 is 4.52 Å². The second-order valence-electron chi connectivity index (χ2n) is 6.13. The molecule has 4 rings (SSSR count). The SMILES string of the molecule is Cc1cc(C)n2ncc(-c3noc(CCC(=O)c4ccccc4)n3)c2n1. The second-order valence-corrected chi connectivity index (χ2v) is 6.13. The van der Waals surface area contributed by atoms with Gasteiger partial charge >= 0.3 is 0 Å². The van der Waals surface area contributed by atoms with E-state index in [1.54, 1.807) is 22.8 Å². The van der Waals surface area contributed by atoms with Crippen LogP contribution in [0.3, 0.4) is 0 Å². The van der Waals surface area contributed by atoms with Gasteiger partial charge in [0.2, 0.25) is 11.7 Å². The Labute approximate surface area is 149 Å². The zero-order chi connectivity index (χ0) is 18.1. The van der Waals surface area contributed by atoms with Crippen LogP contribution in [0.25, 0.3) is 17.0 Å². The van der Waals surface area contributed by atoms with Crippen LogP contribution < -0.4 is 0 Å².